The molecule has 0 radical (unpaired) electrons. The number of nitrogen functional groups attached to an aromatic ring is 1. The average Bonchev–Trinajstić information content (AvgIpc) is 2.45. The number of nitrogens with one attached hydrogen (secondary N) is 1. The molecule has 2 rings (SSSR count). The molecule has 1 aromatic rings. The number of anilines is 2. The van der Waals surface area contributed by atoms with Gasteiger partial charge in [0, 0.05) is 19.1 Å². The van der Waals surface area contributed by atoms with Gasteiger partial charge in [-0.3, -0.25) is 4.79 Å². The van der Waals surface area contributed by atoms with E-state index in [1.54, 1.807) is 0 Å². The lowest BCUT2D eigenvalue weighted by molar-refractivity contribution is 0.0497. The topological polar surface area (TPSA) is 110 Å². The van der Waals surface area contributed by atoms with Crippen LogP contribution in [0, 0.1) is 0 Å². The van der Waals surface area contributed by atoms with Gasteiger partial charge in [0.25, 0.3) is 0 Å². The van der Waals surface area contributed by atoms with Crippen molar-refractivity contribution in [3.63, 3.8) is 0 Å². The van der Waals surface area contributed by atoms with E-state index in [2.05, 4.69) is 15.3 Å². The van der Waals surface area contributed by atoms with E-state index in [4.69, 9.17) is 10.5 Å². The van der Waals surface area contributed by atoms with Crippen molar-refractivity contribution in [1.82, 2.24) is 15.3 Å². The number of carbonyl (C=O) groups is 2. The molecule has 0 aromatic carbocycles. The summed E-state index contributed by atoms with van der Waals surface area (Å²) in [5.74, 6) is 0.724. The van der Waals surface area contributed by atoms with E-state index in [9.17, 15) is 9.59 Å². The van der Waals surface area contributed by atoms with Gasteiger partial charge in [-0.25, -0.2) is 14.8 Å². The summed E-state index contributed by atoms with van der Waals surface area (Å²) in [6.07, 6.45) is 3.09. The molecule has 0 aliphatic carbocycles. The largest absolute Gasteiger partial charge is 0.444 e. The molecule has 1 aliphatic rings. The highest BCUT2D eigenvalue weighted by Crippen LogP contribution is 2.23. The van der Waals surface area contributed by atoms with Crippen molar-refractivity contribution < 1.29 is 14.3 Å². The maximum atomic E-state index is 11.8. The Balaban J connectivity index is 1.93. The summed E-state index contributed by atoms with van der Waals surface area (Å²) in [5, 5.41) is 2.87. The molecule has 8 heteroatoms. The van der Waals surface area contributed by atoms with Crippen molar-refractivity contribution >= 4 is 24.0 Å². The van der Waals surface area contributed by atoms with Crippen LogP contribution >= 0.6 is 0 Å². The van der Waals surface area contributed by atoms with Crippen LogP contribution in [0.5, 0.6) is 0 Å². The number of alkyl carbamates (subject to hydrolysis) is 1. The van der Waals surface area contributed by atoms with E-state index < -0.39 is 11.7 Å². The molecule has 126 valence electrons. The normalized spacial score (nSPS) is 16.0. The lowest BCUT2D eigenvalue weighted by atomic mass is 10.0. The number of aldehydes is 1. The van der Waals surface area contributed by atoms with Crippen molar-refractivity contribution in [2.75, 3.05) is 23.7 Å². The van der Waals surface area contributed by atoms with Gasteiger partial charge in [0.15, 0.2) is 6.29 Å². The van der Waals surface area contributed by atoms with E-state index in [-0.39, 0.29) is 11.9 Å². The summed E-state index contributed by atoms with van der Waals surface area (Å²) in [6, 6.07) is 0.0416. The minimum atomic E-state index is -0.512. The third-order valence-electron chi connectivity index (χ3n) is 3.53. The van der Waals surface area contributed by atoms with Crippen LogP contribution in [0.1, 0.15) is 44.0 Å². The van der Waals surface area contributed by atoms with E-state index in [0.717, 1.165) is 12.8 Å². The molecule has 1 aromatic heterocycles. The second-order valence-corrected chi connectivity index (χ2v) is 6.52. The van der Waals surface area contributed by atoms with Gasteiger partial charge in [-0.05, 0) is 33.6 Å². The van der Waals surface area contributed by atoms with Crippen LogP contribution in [0.2, 0.25) is 0 Å². The number of piperidine rings is 1. The highest BCUT2D eigenvalue weighted by atomic mass is 16.6. The fourth-order valence-electron chi connectivity index (χ4n) is 2.47. The molecule has 2 heterocycles. The summed E-state index contributed by atoms with van der Waals surface area (Å²) < 4.78 is 5.26. The molecular weight excluding hydrogens is 298 g/mol. The van der Waals surface area contributed by atoms with Crippen LogP contribution < -0.4 is 16.0 Å². The molecule has 1 fully saturated rings. The minimum Gasteiger partial charge on any atom is -0.444 e. The Hall–Kier alpha value is -2.38. The van der Waals surface area contributed by atoms with E-state index in [0.29, 0.717) is 30.8 Å². The second-order valence-electron chi connectivity index (χ2n) is 6.52. The van der Waals surface area contributed by atoms with Gasteiger partial charge in [-0.1, -0.05) is 0 Å². The first-order chi connectivity index (χ1) is 10.8. The average molecular weight is 321 g/mol. The Morgan fingerprint density at radius 3 is 2.61 bits per heavy atom. The van der Waals surface area contributed by atoms with E-state index in [1.165, 1.54) is 6.33 Å². The van der Waals surface area contributed by atoms with Crippen LogP contribution in [-0.2, 0) is 4.74 Å². The maximum Gasteiger partial charge on any atom is 0.407 e. The van der Waals surface area contributed by atoms with E-state index >= 15 is 0 Å². The quantitative estimate of drug-likeness (QED) is 0.809. The third kappa shape index (κ3) is 4.54. The monoisotopic (exact) mass is 321 g/mol. The first-order valence-electron chi connectivity index (χ1n) is 7.60. The molecule has 8 nitrogen and oxygen atoms in total. The number of hydrogen-bond acceptors (Lipinski definition) is 7. The van der Waals surface area contributed by atoms with Crippen LogP contribution in [0.3, 0.4) is 0 Å². The Morgan fingerprint density at radius 1 is 1.39 bits per heavy atom. The van der Waals surface area contributed by atoms with E-state index in [1.807, 2.05) is 25.7 Å². The molecule has 1 aliphatic heterocycles. The van der Waals surface area contributed by atoms with Crippen LogP contribution in [0.25, 0.3) is 0 Å². The first kappa shape index (κ1) is 17.0. The summed E-state index contributed by atoms with van der Waals surface area (Å²) in [6.45, 7) is 6.82. The maximum absolute atomic E-state index is 11.8. The number of amides is 1. The van der Waals surface area contributed by atoms with Crippen molar-refractivity contribution in [2.24, 2.45) is 0 Å². The zero-order chi connectivity index (χ0) is 17.0. The number of nitrogens with zero attached hydrogens (tertiary/aromatic N) is 3. The fraction of sp³-hybridized carbons (Fsp3) is 0.600. The lowest BCUT2D eigenvalue weighted by Gasteiger charge is -2.34. The third-order valence-corrected chi connectivity index (χ3v) is 3.53. The number of ether oxygens (including phenoxy) is 1. The highest BCUT2D eigenvalue weighted by molar-refractivity contribution is 5.88. The number of carbonyl (C=O) groups excluding carboxylic acids is 2. The summed E-state index contributed by atoms with van der Waals surface area (Å²) in [5.41, 5.74) is 5.51. The number of aromatic nitrogens is 2. The van der Waals surface area contributed by atoms with Gasteiger partial charge >= 0.3 is 6.09 Å². The van der Waals surface area contributed by atoms with Crippen molar-refractivity contribution in [3.8, 4) is 0 Å². The van der Waals surface area contributed by atoms with Crippen LogP contribution in [-0.4, -0.2) is 47.1 Å². The molecule has 0 unspecified atom stereocenters. The van der Waals surface area contributed by atoms with Crippen molar-refractivity contribution in [1.29, 1.82) is 0 Å². The Kier molecular flexibility index (Phi) is 5.02. The number of hydrogen-bond donors (Lipinski definition) is 2. The van der Waals surface area contributed by atoms with Gasteiger partial charge in [-0.15, -0.1) is 0 Å². The fourth-order valence-corrected chi connectivity index (χ4v) is 2.47. The molecule has 0 atom stereocenters. The highest BCUT2D eigenvalue weighted by Gasteiger charge is 2.25. The molecule has 3 N–H and O–H groups in total. The summed E-state index contributed by atoms with van der Waals surface area (Å²) >= 11 is 0. The summed E-state index contributed by atoms with van der Waals surface area (Å²) in [7, 11) is 0. The Bertz CT molecular complexity index is 577. The summed E-state index contributed by atoms with van der Waals surface area (Å²) in [4.78, 5) is 32.9. The minimum absolute atomic E-state index is 0.0416. The molecule has 23 heavy (non-hydrogen) atoms. The molecule has 1 saturated heterocycles. The molecule has 0 saturated carbocycles. The zero-order valence-electron chi connectivity index (χ0n) is 13.7. The molecule has 0 bridgehead atoms. The van der Waals surface area contributed by atoms with Gasteiger partial charge in [0.05, 0.1) is 5.56 Å². The smallest absolute Gasteiger partial charge is 0.407 e. The Morgan fingerprint density at radius 2 is 2.04 bits per heavy atom. The predicted octanol–water partition coefficient (Wildman–Crippen LogP) is 1.36. The standard InChI is InChI=1S/C15H23N5O3/c1-15(2,3)23-14(22)19-10-4-6-20(7-5-10)13-11(8-21)12(16)17-9-18-13/h8-10H,4-7H2,1-3H3,(H,19,22)(H2,16,17,18). The number of nitrogens with two attached hydrogens (primary N) is 1. The predicted molar refractivity (Wildman–Crippen MR) is 86.4 cm³/mol. The second kappa shape index (κ2) is 6.80. The zero-order valence-corrected chi connectivity index (χ0v) is 13.7. The van der Waals surface area contributed by atoms with Gasteiger partial charge < -0.3 is 20.7 Å². The molecule has 1 amide bonds. The lowest BCUT2D eigenvalue weighted by Crippen LogP contribution is -2.46. The van der Waals surface area contributed by atoms with Crippen molar-refractivity contribution in [3.05, 3.63) is 11.9 Å². The SMILES string of the molecule is CC(C)(C)OC(=O)NC1CCN(c2ncnc(N)c2C=O)CC1. The molecule has 0 spiro atoms. The Labute approximate surface area is 135 Å². The van der Waals surface area contributed by atoms with Gasteiger partial charge in [-0.2, -0.15) is 0 Å². The van der Waals surface area contributed by atoms with Gasteiger partial charge in [0.1, 0.15) is 23.6 Å². The first-order valence-corrected chi connectivity index (χ1v) is 7.60. The number of rotatable bonds is 3. The van der Waals surface area contributed by atoms with Crippen LogP contribution in [0.4, 0.5) is 16.4 Å². The molecular formula is C15H23N5O3. The van der Waals surface area contributed by atoms with Crippen molar-refractivity contribution in [2.45, 2.75) is 45.3 Å². The van der Waals surface area contributed by atoms with Gasteiger partial charge in [0.2, 0.25) is 0 Å². The van der Waals surface area contributed by atoms with Crippen LogP contribution in [0.15, 0.2) is 6.33 Å².